The van der Waals surface area contributed by atoms with E-state index in [-0.39, 0.29) is 12.8 Å². The van der Waals surface area contributed by atoms with Crippen molar-refractivity contribution in [2.45, 2.75) is 255 Å². The number of allylic oxidation sites excluding steroid dienone is 6. The van der Waals surface area contributed by atoms with Crippen LogP contribution in [0.1, 0.15) is 200 Å². The first-order valence-electron chi connectivity index (χ1n) is 24.4. The highest BCUT2D eigenvalue weighted by Crippen LogP contribution is 2.23. The molecule has 1 heterocycles. The number of hydrogen-bond acceptors (Lipinski definition) is 10. The van der Waals surface area contributed by atoms with E-state index in [9.17, 15) is 40.5 Å². The summed E-state index contributed by atoms with van der Waals surface area (Å²) in [6, 6.07) is -1.19. The smallest absolute Gasteiger partial charge is 0.249 e. The first kappa shape index (κ1) is 56.3. The molecule has 9 unspecified atom stereocenters. The molecule has 0 aromatic rings. The van der Waals surface area contributed by atoms with Gasteiger partial charge in [-0.15, -0.1) is 0 Å². The molecule has 9 atom stereocenters. The summed E-state index contributed by atoms with van der Waals surface area (Å²) in [6.07, 6.45) is 33.3. The number of amides is 1. The maximum atomic E-state index is 13.1. The molecule has 1 fully saturated rings. The Labute approximate surface area is 365 Å². The summed E-state index contributed by atoms with van der Waals surface area (Å²) in [7, 11) is 0. The Kier molecular flexibility index (Phi) is 36.6. The number of aliphatic hydroxyl groups excluding tert-OH is 7. The van der Waals surface area contributed by atoms with E-state index >= 15 is 0 Å². The zero-order chi connectivity index (χ0) is 44.1. The molecule has 0 aromatic carbocycles. The van der Waals surface area contributed by atoms with Crippen LogP contribution in [0, 0.1) is 0 Å². The molecule has 11 nitrogen and oxygen atoms in total. The molecule has 11 heteroatoms. The monoisotopic (exact) mass is 854 g/mol. The van der Waals surface area contributed by atoms with Crippen LogP contribution in [0.2, 0.25) is 0 Å². The molecule has 1 aliphatic heterocycles. The van der Waals surface area contributed by atoms with Crippen LogP contribution in [-0.4, -0.2) is 110 Å². The highest BCUT2D eigenvalue weighted by Gasteiger charge is 2.44. The van der Waals surface area contributed by atoms with Gasteiger partial charge in [0.05, 0.1) is 25.4 Å². The number of nitrogens with one attached hydrogen (secondary N) is 1. The first-order chi connectivity index (χ1) is 29.2. The summed E-state index contributed by atoms with van der Waals surface area (Å²) in [4.78, 5) is 13.1. The minimum atomic E-state index is -1.67. The molecule has 0 bridgehead atoms. The van der Waals surface area contributed by atoms with Crippen LogP contribution in [-0.2, 0) is 14.3 Å². The van der Waals surface area contributed by atoms with Gasteiger partial charge in [0.2, 0.25) is 5.91 Å². The Morgan fingerprint density at radius 1 is 0.567 bits per heavy atom. The molecule has 352 valence electrons. The molecule has 1 saturated heterocycles. The van der Waals surface area contributed by atoms with E-state index < -0.39 is 74.2 Å². The van der Waals surface area contributed by atoms with Crippen molar-refractivity contribution in [1.29, 1.82) is 0 Å². The third-order valence-electron chi connectivity index (χ3n) is 11.7. The van der Waals surface area contributed by atoms with Gasteiger partial charge in [-0.25, -0.2) is 0 Å². The fourth-order valence-corrected chi connectivity index (χ4v) is 7.58. The van der Waals surface area contributed by atoms with E-state index in [4.69, 9.17) is 9.47 Å². The highest BCUT2D eigenvalue weighted by molar-refractivity contribution is 5.80. The molecule has 0 spiro atoms. The normalized spacial score (nSPS) is 21.9. The second-order valence-electron chi connectivity index (χ2n) is 17.2. The fourth-order valence-electron chi connectivity index (χ4n) is 7.58. The molecule has 60 heavy (non-hydrogen) atoms. The summed E-state index contributed by atoms with van der Waals surface area (Å²) in [5.74, 6) is -0.712. The average Bonchev–Trinajstić information content (AvgIpc) is 3.25. The molecule has 1 aliphatic rings. The number of unbranched alkanes of at least 4 members (excludes halogenated alkanes) is 22. The summed E-state index contributed by atoms with van der Waals surface area (Å²) < 4.78 is 11.1. The van der Waals surface area contributed by atoms with Crippen LogP contribution < -0.4 is 5.32 Å². The van der Waals surface area contributed by atoms with Crippen molar-refractivity contribution in [3.63, 3.8) is 0 Å². The lowest BCUT2D eigenvalue weighted by atomic mass is 9.98. The number of carbonyl (C=O) groups excluding carboxylic acids is 1. The Balaban J connectivity index is 2.45. The summed E-state index contributed by atoms with van der Waals surface area (Å²) >= 11 is 0. The summed E-state index contributed by atoms with van der Waals surface area (Å²) in [5, 5.41) is 75.7. The van der Waals surface area contributed by atoms with Crippen molar-refractivity contribution in [3.8, 4) is 0 Å². The van der Waals surface area contributed by atoms with Gasteiger partial charge in [-0.1, -0.05) is 179 Å². The van der Waals surface area contributed by atoms with E-state index in [0.717, 1.165) is 51.4 Å². The van der Waals surface area contributed by atoms with Gasteiger partial charge in [0, 0.05) is 0 Å². The van der Waals surface area contributed by atoms with Gasteiger partial charge >= 0.3 is 0 Å². The quantitative estimate of drug-likeness (QED) is 0.0220. The van der Waals surface area contributed by atoms with Crippen molar-refractivity contribution < 1.29 is 50.0 Å². The predicted molar refractivity (Wildman–Crippen MR) is 242 cm³/mol. The molecular weight excluding hydrogens is 763 g/mol. The maximum Gasteiger partial charge on any atom is 0.249 e. The van der Waals surface area contributed by atoms with Gasteiger partial charge < -0.3 is 50.5 Å². The zero-order valence-corrected chi connectivity index (χ0v) is 37.9. The van der Waals surface area contributed by atoms with E-state index in [1.807, 2.05) is 0 Å². The molecule has 1 amide bonds. The van der Waals surface area contributed by atoms with Crippen molar-refractivity contribution in [2.24, 2.45) is 0 Å². The van der Waals surface area contributed by atoms with Gasteiger partial charge in [0.25, 0.3) is 0 Å². The van der Waals surface area contributed by atoms with Gasteiger partial charge in [0.1, 0.15) is 36.6 Å². The maximum absolute atomic E-state index is 13.1. The molecular formula is C49H91NO10. The van der Waals surface area contributed by atoms with Crippen molar-refractivity contribution in [3.05, 3.63) is 36.5 Å². The van der Waals surface area contributed by atoms with Crippen molar-refractivity contribution >= 4 is 5.91 Å². The number of aliphatic hydroxyl groups is 7. The lowest BCUT2D eigenvalue weighted by Gasteiger charge is -2.40. The lowest BCUT2D eigenvalue weighted by molar-refractivity contribution is -0.303. The Hall–Kier alpha value is -1.67. The van der Waals surface area contributed by atoms with Gasteiger partial charge in [-0.05, 0) is 57.8 Å². The Morgan fingerprint density at radius 2 is 1.00 bits per heavy atom. The lowest BCUT2D eigenvalue weighted by Crippen LogP contribution is -2.60. The van der Waals surface area contributed by atoms with Crippen LogP contribution in [0.25, 0.3) is 0 Å². The molecule has 0 aliphatic carbocycles. The second kappa shape index (κ2) is 39.0. The fraction of sp³-hybridized carbons (Fsp3) is 0.857. The van der Waals surface area contributed by atoms with Crippen LogP contribution in [0.15, 0.2) is 36.5 Å². The van der Waals surface area contributed by atoms with Gasteiger partial charge in [-0.3, -0.25) is 4.79 Å². The van der Waals surface area contributed by atoms with E-state index in [1.54, 1.807) is 0 Å². The largest absolute Gasteiger partial charge is 0.394 e. The van der Waals surface area contributed by atoms with Crippen LogP contribution in [0.4, 0.5) is 0 Å². The Morgan fingerprint density at radius 3 is 1.47 bits per heavy atom. The number of rotatable bonds is 40. The van der Waals surface area contributed by atoms with Crippen LogP contribution in [0.3, 0.4) is 0 Å². The first-order valence-corrected chi connectivity index (χ1v) is 24.4. The van der Waals surface area contributed by atoms with E-state index in [1.165, 1.54) is 103 Å². The summed E-state index contributed by atoms with van der Waals surface area (Å²) in [6.45, 7) is 3.38. The summed E-state index contributed by atoms with van der Waals surface area (Å²) in [5.41, 5.74) is 0. The predicted octanol–water partition coefficient (Wildman–Crippen LogP) is 8.39. The topological polar surface area (TPSA) is 189 Å². The van der Waals surface area contributed by atoms with Gasteiger partial charge in [-0.2, -0.15) is 0 Å². The van der Waals surface area contributed by atoms with Crippen molar-refractivity contribution in [2.75, 3.05) is 13.2 Å². The number of carbonyl (C=O) groups is 1. The molecule has 1 rings (SSSR count). The van der Waals surface area contributed by atoms with Crippen LogP contribution >= 0.6 is 0 Å². The minimum absolute atomic E-state index is 0.242. The zero-order valence-electron chi connectivity index (χ0n) is 37.9. The Bertz CT molecular complexity index is 1070. The third kappa shape index (κ3) is 28.1. The molecule has 0 aromatic heterocycles. The van der Waals surface area contributed by atoms with Gasteiger partial charge in [0.15, 0.2) is 6.29 Å². The number of hydrogen-bond donors (Lipinski definition) is 8. The van der Waals surface area contributed by atoms with E-state index in [0.29, 0.717) is 19.3 Å². The molecule has 0 saturated carbocycles. The second-order valence-corrected chi connectivity index (χ2v) is 17.2. The van der Waals surface area contributed by atoms with Crippen molar-refractivity contribution in [1.82, 2.24) is 5.32 Å². The highest BCUT2D eigenvalue weighted by atomic mass is 16.7. The standard InChI is InChI=1S/C49H91NO10/c1-3-5-7-9-11-13-15-17-19-20-21-23-25-27-29-31-33-35-37-42(53)48(58)50-40(39-59-49-47(57)46(56)45(55)43(38-51)60-49)44(54)41(52)36-34-32-30-28-26-24-22-18-16-14-12-10-8-6-4-2/h10,12,18,22,28,30,40-47,49,51-57H,3-9,11,13-17,19-21,23-27,29,31-39H2,1-2H3,(H,50,58)/b12-10+,22-18+,30-28+. The molecule has 8 N–H and O–H groups in total. The number of ether oxygens (including phenoxy) is 2. The SMILES string of the molecule is CCCC/C=C/CC/C=C/CC/C=C/CCCC(O)C(O)C(COC1OC(CO)C(O)C(O)C1O)NC(=O)C(O)CCCCCCCCCCCCCCCCCCCC. The molecule has 0 radical (unpaired) electrons. The van der Waals surface area contributed by atoms with E-state index in [2.05, 4.69) is 55.6 Å². The average molecular weight is 854 g/mol. The van der Waals surface area contributed by atoms with Crippen LogP contribution in [0.5, 0.6) is 0 Å². The third-order valence-corrected chi connectivity index (χ3v) is 11.7. The minimum Gasteiger partial charge on any atom is -0.394 e.